The van der Waals surface area contributed by atoms with Crippen molar-refractivity contribution >= 4 is 16.1 Å². The summed E-state index contributed by atoms with van der Waals surface area (Å²) in [5.74, 6) is 0. The van der Waals surface area contributed by atoms with Crippen molar-refractivity contribution in [2.45, 2.75) is 31.2 Å². The number of benzene rings is 1. The number of rotatable bonds is 5. The molecule has 24 heavy (non-hydrogen) atoms. The van der Waals surface area contributed by atoms with Crippen LogP contribution in [0.15, 0.2) is 29.2 Å². The van der Waals surface area contributed by atoms with Crippen LogP contribution < -0.4 is 10.5 Å². The van der Waals surface area contributed by atoms with Crippen LogP contribution in [0.25, 0.3) is 0 Å². The lowest BCUT2D eigenvalue weighted by Gasteiger charge is -2.35. The van der Waals surface area contributed by atoms with Gasteiger partial charge >= 0.3 is 6.03 Å². The molecule has 3 N–H and O–H groups in total. The van der Waals surface area contributed by atoms with E-state index in [1.54, 1.807) is 24.3 Å². The molecule has 0 atom stereocenters. The number of urea groups is 1. The van der Waals surface area contributed by atoms with E-state index in [4.69, 9.17) is 5.14 Å². The Hall–Kier alpha value is -1.64. The van der Waals surface area contributed by atoms with E-state index in [1.165, 1.54) is 0 Å². The monoisotopic (exact) mass is 354 g/mol. The lowest BCUT2D eigenvalue weighted by atomic mass is 10.1. The van der Waals surface area contributed by atoms with E-state index in [2.05, 4.69) is 10.2 Å². The normalized spacial score (nSPS) is 16.4. The summed E-state index contributed by atoms with van der Waals surface area (Å²) in [6.45, 7) is 7.94. The Kier molecular flexibility index (Phi) is 6.20. The summed E-state index contributed by atoms with van der Waals surface area (Å²) in [5, 5.41) is 8.00. The fraction of sp³-hybridized carbons (Fsp3) is 0.562. The lowest BCUT2D eigenvalue weighted by molar-refractivity contribution is 0.139. The van der Waals surface area contributed by atoms with E-state index in [1.807, 2.05) is 18.7 Å². The van der Waals surface area contributed by atoms with Gasteiger partial charge in [-0.3, -0.25) is 4.90 Å². The molecule has 134 valence electrons. The molecule has 1 aliphatic heterocycles. The number of carbonyl (C=O) groups excluding carboxylic acids is 1. The highest BCUT2D eigenvalue weighted by molar-refractivity contribution is 7.89. The zero-order valence-corrected chi connectivity index (χ0v) is 15.1. The Balaban J connectivity index is 1.77. The number of carbonyl (C=O) groups is 1. The SMILES string of the molecule is CC(C)NC(=O)N1CCN(CCc2ccc(S(N)(=O)=O)cc2)CC1. The van der Waals surface area contributed by atoms with Crippen LogP contribution in [0.5, 0.6) is 0 Å². The van der Waals surface area contributed by atoms with Gasteiger partial charge < -0.3 is 10.2 Å². The molecule has 1 aromatic rings. The fourth-order valence-electron chi connectivity index (χ4n) is 2.65. The molecule has 1 fully saturated rings. The van der Waals surface area contributed by atoms with Crippen LogP contribution in [0.1, 0.15) is 19.4 Å². The van der Waals surface area contributed by atoms with Crippen LogP contribution in [-0.4, -0.2) is 63.0 Å². The molecule has 2 amide bonds. The maximum absolute atomic E-state index is 11.9. The first kappa shape index (κ1) is 18.7. The summed E-state index contributed by atoms with van der Waals surface area (Å²) < 4.78 is 22.5. The van der Waals surface area contributed by atoms with Gasteiger partial charge in [-0.1, -0.05) is 12.1 Å². The Morgan fingerprint density at radius 3 is 2.25 bits per heavy atom. The van der Waals surface area contributed by atoms with Gasteiger partial charge in [0.1, 0.15) is 0 Å². The van der Waals surface area contributed by atoms with Crippen molar-refractivity contribution in [2.75, 3.05) is 32.7 Å². The minimum atomic E-state index is -3.63. The molecular formula is C16H26N4O3S. The summed E-state index contributed by atoms with van der Waals surface area (Å²) in [7, 11) is -3.63. The third-order valence-electron chi connectivity index (χ3n) is 4.04. The number of hydrogen-bond acceptors (Lipinski definition) is 4. The average molecular weight is 354 g/mol. The number of nitrogens with two attached hydrogens (primary N) is 1. The number of hydrogen-bond donors (Lipinski definition) is 2. The van der Waals surface area contributed by atoms with Gasteiger partial charge in [0.25, 0.3) is 0 Å². The van der Waals surface area contributed by atoms with Gasteiger partial charge in [0.15, 0.2) is 0 Å². The van der Waals surface area contributed by atoms with Crippen molar-refractivity contribution in [3.05, 3.63) is 29.8 Å². The summed E-state index contributed by atoms with van der Waals surface area (Å²) in [6.07, 6.45) is 0.836. The molecule has 1 heterocycles. The summed E-state index contributed by atoms with van der Waals surface area (Å²) in [5.41, 5.74) is 1.07. The molecule has 0 aliphatic carbocycles. The lowest BCUT2D eigenvalue weighted by Crippen LogP contribution is -2.53. The van der Waals surface area contributed by atoms with Crippen LogP contribution >= 0.6 is 0 Å². The number of nitrogens with zero attached hydrogens (tertiary/aromatic N) is 2. The molecule has 0 spiro atoms. The maximum Gasteiger partial charge on any atom is 0.317 e. The van der Waals surface area contributed by atoms with Crippen LogP contribution in [0.4, 0.5) is 4.79 Å². The molecule has 8 heteroatoms. The molecule has 0 radical (unpaired) electrons. The second-order valence-electron chi connectivity index (χ2n) is 6.37. The van der Waals surface area contributed by atoms with Crippen molar-refractivity contribution < 1.29 is 13.2 Å². The smallest absolute Gasteiger partial charge is 0.317 e. The summed E-state index contributed by atoms with van der Waals surface area (Å²) in [4.78, 5) is 16.2. The Morgan fingerprint density at radius 1 is 1.17 bits per heavy atom. The molecule has 2 rings (SSSR count). The van der Waals surface area contributed by atoms with Gasteiger partial charge in [-0.05, 0) is 38.0 Å². The van der Waals surface area contributed by atoms with Crippen molar-refractivity contribution in [1.82, 2.24) is 15.1 Å². The van der Waals surface area contributed by atoms with Gasteiger partial charge in [0.05, 0.1) is 4.90 Å². The van der Waals surface area contributed by atoms with E-state index in [9.17, 15) is 13.2 Å². The third-order valence-corrected chi connectivity index (χ3v) is 4.97. The minimum absolute atomic E-state index is 0.00299. The molecule has 1 aliphatic rings. The van der Waals surface area contributed by atoms with Crippen LogP contribution in [-0.2, 0) is 16.4 Å². The molecule has 0 bridgehead atoms. The number of sulfonamides is 1. The highest BCUT2D eigenvalue weighted by atomic mass is 32.2. The number of nitrogens with one attached hydrogen (secondary N) is 1. The minimum Gasteiger partial charge on any atom is -0.336 e. The standard InChI is InChI=1S/C16H26N4O3S/c1-13(2)18-16(21)20-11-9-19(10-12-20)8-7-14-3-5-15(6-4-14)24(17,22)23/h3-6,13H,7-12H2,1-2H3,(H,18,21)(H2,17,22,23). The summed E-state index contributed by atoms with van der Waals surface area (Å²) >= 11 is 0. The van der Waals surface area contributed by atoms with Crippen LogP contribution in [0.2, 0.25) is 0 Å². The van der Waals surface area contributed by atoms with Gasteiger partial charge in [0.2, 0.25) is 10.0 Å². The maximum atomic E-state index is 11.9. The van der Waals surface area contributed by atoms with Crippen LogP contribution in [0.3, 0.4) is 0 Å². The highest BCUT2D eigenvalue weighted by Gasteiger charge is 2.21. The quantitative estimate of drug-likeness (QED) is 0.810. The molecule has 0 saturated carbocycles. The predicted octanol–water partition coefficient (Wildman–Crippen LogP) is 0.612. The van der Waals surface area contributed by atoms with Crippen molar-refractivity contribution in [3.63, 3.8) is 0 Å². The Labute approximate surface area is 143 Å². The average Bonchev–Trinajstić information content (AvgIpc) is 2.52. The van der Waals surface area contributed by atoms with Crippen LogP contribution in [0, 0.1) is 0 Å². The number of amides is 2. The van der Waals surface area contributed by atoms with E-state index < -0.39 is 10.0 Å². The van der Waals surface area contributed by atoms with Crippen molar-refractivity contribution in [3.8, 4) is 0 Å². The van der Waals surface area contributed by atoms with E-state index >= 15 is 0 Å². The van der Waals surface area contributed by atoms with Crippen molar-refractivity contribution in [1.29, 1.82) is 0 Å². The third kappa shape index (κ3) is 5.47. The predicted molar refractivity (Wildman–Crippen MR) is 93.2 cm³/mol. The number of piperazine rings is 1. The first-order chi connectivity index (χ1) is 11.3. The van der Waals surface area contributed by atoms with E-state index in [0.29, 0.717) is 0 Å². The topological polar surface area (TPSA) is 95.7 Å². The molecule has 0 aromatic heterocycles. The molecular weight excluding hydrogens is 328 g/mol. The van der Waals surface area contributed by atoms with Gasteiger partial charge in [-0.15, -0.1) is 0 Å². The largest absolute Gasteiger partial charge is 0.336 e. The van der Waals surface area contributed by atoms with E-state index in [-0.39, 0.29) is 17.0 Å². The molecule has 0 unspecified atom stereocenters. The fourth-order valence-corrected chi connectivity index (χ4v) is 3.16. The summed E-state index contributed by atoms with van der Waals surface area (Å²) in [6, 6.07) is 6.83. The number of primary sulfonamides is 1. The second kappa shape index (κ2) is 7.96. The second-order valence-corrected chi connectivity index (χ2v) is 7.93. The zero-order chi connectivity index (χ0) is 17.7. The first-order valence-electron chi connectivity index (χ1n) is 8.15. The Morgan fingerprint density at radius 2 is 1.75 bits per heavy atom. The van der Waals surface area contributed by atoms with E-state index in [0.717, 1.165) is 44.7 Å². The van der Waals surface area contributed by atoms with Gasteiger partial charge in [0, 0.05) is 38.8 Å². The Bertz CT molecular complexity index is 650. The van der Waals surface area contributed by atoms with Gasteiger partial charge in [-0.2, -0.15) is 0 Å². The van der Waals surface area contributed by atoms with Gasteiger partial charge in [-0.25, -0.2) is 18.4 Å². The first-order valence-corrected chi connectivity index (χ1v) is 9.70. The molecule has 7 nitrogen and oxygen atoms in total. The van der Waals surface area contributed by atoms with Crippen molar-refractivity contribution in [2.24, 2.45) is 5.14 Å². The zero-order valence-electron chi connectivity index (χ0n) is 14.2. The highest BCUT2D eigenvalue weighted by Crippen LogP contribution is 2.10. The molecule has 1 aromatic carbocycles. The molecule has 1 saturated heterocycles.